The summed E-state index contributed by atoms with van der Waals surface area (Å²) >= 11 is 1.32. The molecule has 0 spiro atoms. The first-order chi connectivity index (χ1) is 23.5. The molecule has 1 amide bonds. The maximum atomic E-state index is 16.1. The molecule has 4 aromatic heterocycles. The van der Waals surface area contributed by atoms with Crippen molar-refractivity contribution in [1.29, 1.82) is 0 Å². The monoisotopic (exact) mass is 692 g/mol. The number of aromatic nitrogens is 4. The number of amides is 1. The molecule has 0 bridgehead atoms. The predicted molar refractivity (Wildman–Crippen MR) is 177 cm³/mol. The number of carbonyl (C=O) groups is 1. The van der Waals surface area contributed by atoms with Gasteiger partial charge >= 0.3 is 5.92 Å². The van der Waals surface area contributed by atoms with Gasteiger partial charge in [0.25, 0.3) is 0 Å². The largest absolute Gasteiger partial charge is 0.490 e. The van der Waals surface area contributed by atoms with Crippen molar-refractivity contribution in [3.05, 3.63) is 83.1 Å². The molecule has 254 valence electrons. The average molecular weight is 693 g/mol. The number of likely N-dealkylation sites (N-methyl/N-ethyl adjacent to an activating group) is 1. The fraction of sp³-hybridized carbons (Fsp3) is 0.314. The van der Waals surface area contributed by atoms with Crippen LogP contribution in [0, 0.1) is 11.6 Å². The molecular weight excluding hydrogens is 660 g/mol. The van der Waals surface area contributed by atoms with Crippen molar-refractivity contribution in [2.24, 2.45) is 0 Å². The quantitative estimate of drug-likeness (QED) is 0.100. The Morgan fingerprint density at radius 1 is 1.14 bits per heavy atom. The Morgan fingerprint density at radius 2 is 1.96 bits per heavy atom. The molecule has 2 aliphatic heterocycles. The smallest absolute Gasteiger partial charge is 0.302 e. The van der Waals surface area contributed by atoms with Crippen LogP contribution < -0.4 is 4.74 Å². The molecule has 49 heavy (non-hydrogen) atoms. The first kappa shape index (κ1) is 32.9. The number of nitrogens with zero attached hydrogens (tertiary/aromatic N) is 6. The van der Waals surface area contributed by atoms with Crippen molar-refractivity contribution < 1.29 is 31.8 Å². The van der Waals surface area contributed by atoms with Crippen LogP contribution in [0.5, 0.6) is 5.75 Å². The number of rotatable bonds is 8. The van der Waals surface area contributed by atoms with Gasteiger partial charge in [-0.15, -0.1) is 11.3 Å². The molecule has 2 aliphatic rings. The van der Waals surface area contributed by atoms with E-state index in [1.807, 2.05) is 18.4 Å². The van der Waals surface area contributed by atoms with Gasteiger partial charge in [0.15, 0.2) is 0 Å². The van der Waals surface area contributed by atoms with E-state index in [1.54, 1.807) is 28.8 Å². The lowest BCUT2D eigenvalue weighted by Gasteiger charge is -2.33. The third-order valence-electron chi connectivity index (χ3n) is 8.88. The van der Waals surface area contributed by atoms with Crippen LogP contribution in [-0.2, 0) is 28.5 Å². The van der Waals surface area contributed by atoms with Crippen LogP contribution in [-0.4, -0.2) is 75.9 Å². The van der Waals surface area contributed by atoms with E-state index >= 15 is 4.39 Å². The van der Waals surface area contributed by atoms with Gasteiger partial charge in [-0.25, -0.2) is 13.8 Å². The minimum Gasteiger partial charge on any atom is -0.490 e. The van der Waals surface area contributed by atoms with E-state index in [2.05, 4.69) is 11.6 Å². The number of hydrogen-bond donors (Lipinski definition) is 0. The first-order valence-corrected chi connectivity index (χ1v) is 16.5. The molecule has 6 heterocycles. The van der Waals surface area contributed by atoms with E-state index in [4.69, 9.17) is 19.6 Å². The van der Waals surface area contributed by atoms with Gasteiger partial charge in [-0.05, 0) is 49.2 Å². The number of alkyl halides is 2. The van der Waals surface area contributed by atoms with Gasteiger partial charge in [0, 0.05) is 59.7 Å². The molecule has 1 unspecified atom stereocenters. The number of pyridine rings is 2. The van der Waals surface area contributed by atoms with Crippen molar-refractivity contribution >= 4 is 27.3 Å². The van der Waals surface area contributed by atoms with Crippen molar-refractivity contribution in [3.8, 4) is 39.5 Å². The molecule has 9 nitrogen and oxygen atoms in total. The van der Waals surface area contributed by atoms with Crippen LogP contribution >= 0.6 is 11.3 Å². The summed E-state index contributed by atoms with van der Waals surface area (Å²) in [6, 6.07) is 6.85. The molecule has 1 aromatic carbocycles. The summed E-state index contributed by atoms with van der Waals surface area (Å²) in [4.78, 5) is 25.1. The number of ether oxygens (including phenoxy) is 2. The van der Waals surface area contributed by atoms with Crippen LogP contribution in [0.2, 0.25) is 0 Å². The van der Waals surface area contributed by atoms with Crippen LogP contribution in [0.25, 0.3) is 43.9 Å². The zero-order chi connectivity index (χ0) is 34.6. The summed E-state index contributed by atoms with van der Waals surface area (Å²) in [7, 11) is 3.12. The highest BCUT2D eigenvalue weighted by Crippen LogP contribution is 2.48. The van der Waals surface area contributed by atoms with Gasteiger partial charge < -0.3 is 14.4 Å². The molecule has 14 heteroatoms. The minimum atomic E-state index is -3.12. The van der Waals surface area contributed by atoms with Gasteiger partial charge in [0.1, 0.15) is 41.1 Å². The lowest BCUT2D eigenvalue weighted by atomic mass is 9.95. The molecular formula is C35H32F4N6O3S. The molecule has 1 atom stereocenters. The Balaban J connectivity index is 1.49. The zero-order valence-electron chi connectivity index (χ0n) is 27.0. The molecule has 0 radical (unpaired) electrons. The van der Waals surface area contributed by atoms with E-state index in [-0.39, 0.29) is 54.4 Å². The normalized spacial score (nSPS) is 17.2. The number of halogens is 4. The second-order valence-electron chi connectivity index (χ2n) is 12.1. The topological polar surface area (TPSA) is 85.6 Å². The Labute approximate surface area is 283 Å². The minimum absolute atomic E-state index is 0.00804. The Bertz CT molecular complexity index is 2110. The number of thiophene rings is 1. The van der Waals surface area contributed by atoms with Gasteiger partial charge in [-0.2, -0.15) is 13.9 Å². The van der Waals surface area contributed by atoms with Crippen LogP contribution in [0.3, 0.4) is 0 Å². The second kappa shape index (κ2) is 12.7. The molecule has 0 aliphatic carbocycles. The van der Waals surface area contributed by atoms with E-state index in [9.17, 15) is 18.0 Å². The molecule has 0 fully saturated rings. The van der Waals surface area contributed by atoms with E-state index < -0.39 is 24.1 Å². The maximum absolute atomic E-state index is 16.1. The zero-order valence-corrected chi connectivity index (χ0v) is 27.8. The van der Waals surface area contributed by atoms with Crippen molar-refractivity contribution in [2.75, 3.05) is 40.5 Å². The third kappa shape index (κ3) is 5.77. The van der Waals surface area contributed by atoms with E-state index in [0.717, 1.165) is 17.8 Å². The summed E-state index contributed by atoms with van der Waals surface area (Å²) in [6.45, 7) is 6.36. The molecule has 0 N–H and O–H groups in total. The highest BCUT2D eigenvalue weighted by molar-refractivity contribution is 7.18. The van der Waals surface area contributed by atoms with Crippen LogP contribution in [0.1, 0.15) is 29.9 Å². The Hall–Kier alpha value is -4.66. The highest BCUT2D eigenvalue weighted by Gasteiger charge is 2.41. The summed E-state index contributed by atoms with van der Waals surface area (Å²) < 4.78 is 74.0. The van der Waals surface area contributed by atoms with Crippen molar-refractivity contribution in [1.82, 2.24) is 29.5 Å². The fourth-order valence-electron chi connectivity index (χ4n) is 6.69. The predicted octanol–water partition coefficient (Wildman–Crippen LogP) is 6.82. The third-order valence-corrected chi connectivity index (χ3v) is 9.81. The second-order valence-corrected chi connectivity index (χ2v) is 13.1. The van der Waals surface area contributed by atoms with E-state index in [0.29, 0.717) is 51.3 Å². The molecule has 7 rings (SSSR count). The molecule has 0 saturated carbocycles. The standard InChI is InChI=1S/C35H32F4N6O3S/c1-5-28(46)44-7-8-45-26(19(44)2)15-25(42-45)32-30(29-24(37)13-22(36)14-27(29)48-10-9-47-4)33-23(6-11-49-33)31(41-32)20-12-21-17-43(3)18-35(38,39)34(21)40-16-20/h5-6,11-16,19H,1,7-10,17-18H2,2-4H3. The van der Waals surface area contributed by atoms with Crippen LogP contribution in [0.15, 0.2) is 54.6 Å². The first-order valence-electron chi connectivity index (χ1n) is 15.6. The number of benzene rings is 1. The highest BCUT2D eigenvalue weighted by atomic mass is 32.1. The lowest BCUT2D eigenvalue weighted by Crippen LogP contribution is -2.40. The summed E-state index contributed by atoms with van der Waals surface area (Å²) in [5, 5.41) is 7.31. The van der Waals surface area contributed by atoms with Crippen molar-refractivity contribution in [2.45, 2.75) is 32.0 Å². The summed E-state index contributed by atoms with van der Waals surface area (Å²) in [5.74, 6) is -5.06. The van der Waals surface area contributed by atoms with Crippen LogP contribution in [0.4, 0.5) is 17.6 Å². The number of carbonyl (C=O) groups excluding carboxylic acids is 1. The number of fused-ring (bicyclic) bond motifs is 3. The molecule has 0 saturated heterocycles. The van der Waals surface area contributed by atoms with Gasteiger partial charge in [-0.1, -0.05) is 6.58 Å². The SMILES string of the molecule is C=CC(=O)N1CCn2nc(-c3nc(-c4cnc5c(c4)CN(C)CC5(F)F)c4ccsc4c3-c3c(F)cc(F)cc3OCCOC)cc2C1C. The number of hydrogen-bond acceptors (Lipinski definition) is 8. The Morgan fingerprint density at radius 3 is 2.73 bits per heavy atom. The molecule has 5 aromatic rings. The summed E-state index contributed by atoms with van der Waals surface area (Å²) in [5.41, 5.74) is 2.74. The number of methoxy groups -OCH3 is 1. The summed E-state index contributed by atoms with van der Waals surface area (Å²) in [6.07, 6.45) is 2.65. The van der Waals surface area contributed by atoms with E-state index in [1.165, 1.54) is 35.6 Å². The lowest BCUT2D eigenvalue weighted by molar-refractivity contribution is -0.129. The van der Waals surface area contributed by atoms with Gasteiger partial charge in [0.2, 0.25) is 5.91 Å². The van der Waals surface area contributed by atoms with Gasteiger partial charge in [0.05, 0.1) is 42.7 Å². The Kier molecular flexibility index (Phi) is 8.49. The fourth-order valence-corrected chi connectivity index (χ4v) is 7.64. The average Bonchev–Trinajstić information content (AvgIpc) is 3.72. The van der Waals surface area contributed by atoms with Crippen molar-refractivity contribution in [3.63, 3.8) is 0 Å². The van der Waals surface area contributed by atoms with Gasteiger partial charge in [-0.3, -0.25) is 19.4 Å². The maximum Gasteiger partial charge on any atom is 0.302 e.